The summed E-state index contributed by atoms with van der Waals surface area (Å²) in [6, 6.07) is 8.95. The molecule has 0 N–H and O–H groups in total. The second kappa shape index (κ2) is 6.85. The molecule has 0 aliphatic heterocycles. The maximum absolute atomic E-state index is 12.1. The fourth-order valence-electron chi connectivity index (χ4n) is 2.07. The normalized spacial score (nSPS) is 10.3. The van der Waals surface area contributed by atoms with Crippen LogP contribution in [0.2, 0.25) is 10.0 Å². The number of carbonyl (C=O) groups excluding carboxylic acids is 1. The molecule has 6 nitrogen and oxygen atoms in total. The first-order valence-electron chi connectivity index (χ1n) is 6.43. The van der Waals surface area contributed by atoms with Gasteiger partial charge in [-0.25, -0.2) is 0 Å². The van der Waals surface area contributed by atoms with Crippen molar-refractivity contribution in [2.24, 2.45) is 0 Å². The number of ether oxygens (including phenoxy) is 1. The highest BCUT2D eigenvalue weighted by molar-refractivity contribution is 6.42. The predicted molar refractivity (Wildman–Crippen MR) is 88.9 cm³/mol. The largest absolute Gasteiger partial charge is 0.497 e. The minimum absolute atomic E-state index is 0.0420. The number of methoxy groups -OCH3 is 1. The first kappa shape index (κ1) is 17.1. The summed E-state index contributed by atoms with van der Waals surface area (Å²) in [5.41, 5.74) is 0.173. The van der Waals surface area contributed by atoms with Gasteiger partial charge in [0.1, 0.15) is 11.4 Å². The van der Waals surface area contributed by atoms with Gasteiger partial charge in [-0.05, 0) is 30.3 Å². The van der Waals surface area contributed by atoms with Crippen molar-refractivity contribution < 1.29 is 14.5 Å². The highest BCUT2D eigenvalue weighted by Crippen LogP contribution is 2.39. The molecule has 0 saturated heterocycles. The van der Waals surface area contributed by atoms with Crippen molar-refractivity contribution in [2.45, 2.75) is 6.92 Å². The topological polar surface area (TPSA) is 72.7 Å². The Balaban J connectivity index is 2.63. The number of anilines is 2. The molecule has 23 heavy (non-hydrogen) atoms. The number of halogens is 2. The molecular formula is C15H12Cl2N2O4. The number of amides is 1. The van der Waals surface area contributed by atoms with Crippen molar-refractivity contribution in [3.8, 4) is 5.75 Å². The molecule has 0 saturated carbocycles. The van der Waals surface area contributed by atoms with Crippen LogP contribution in [0, 0.1) is 10.1 Å². The molecular weight excluding hydrogens is 343 g/mol. The lowest BCUT2D eigenvalue weighted by Gasteiger charge is -2.21. The van der Waals surface area contributed by atoms with E-state index in [1.165, 1.54) is 25.0 Å². The highest BCUT2D eigenvalue weighted by atomic mass is 35.5. The summed E-state index contributed by atoms with van der Waals surface area (Å²) in [5.74, 6) is 0.192. The second-order valence-electron chi connectivity index (χ2n) is 4.56. The molecule has 0 radical (unpaired) electrons. The van der Waals surface area contributed by atoms with Crippen LogP contribution in [0.15, 0.2) is 36.4 Å². The van der Waals surface area contributed by atoms with Gasteiger partial charge in [0.05, 0.1) is 22.1 Å². The Hall–Kier alpha value is -2.31. The van der Waals surface area contributed by atoms with Crippen LogP contribution < -0.4 is 9.64 Å². The molecule has 0 heterocycles. The van der Waals surface area contributed by atoms with Gasteiger partial charge in [-0.2, -0.15) is 0 Å². The number of hydrogen-bond acceptors (Lipinski definition) is 4. The Kier molecular flexibility index (Phi) is 5.08. The van der Waals surface area contributed by atoms with E-state index in [1.54, 1.807) is 24.3 Å². The van der Waals surface area contributed by atoms with Gasteiger partial charge in [0.2, 0.25) is 5.91 Å². The summed E-state index contributed by atoms with van der Waals surface area (Å²) >= 11 is 11.8. The fraction of sp³-hybridized carbons (Fsp3) is 0.133. The zero-order valence-electron chi connectivity index (χ0n) is 12.2. The molecule has 0 fully saturated rings. The lowest BCUT2D eigenvalue weighted by atomic mass is 10.2. The van der Waals surface area contributed by atoms with E-state index in [2.05, 4.69) is 0 Å². The number of hydrogen-bond donors (Lipinski definition) is 0. The van der Waals surface area contributed by atoms with E-state index in [9.17, 15) is 14.9 Å². The summed E-state index contributed by atoms with van der Waals surface area (Å²) in [5, 5.41) is 11.4. The third kappa shape index (κ3) is 3.55. The van der Waals surface area contributed by atoms with Crippen LogP contribution in [0.4, 0.5) is 17.1 Å². The number of nitro benzene ring substituents is 1. The molecule has 1 amide bonds. The number of nitro groups is 1. The summed E-state index contributed by atoms with van der Waals surface area (Å²) < 4.78 is 5.06. The van der Waals surface area contributed by atoms with Crippen LogP contribution in [-0.4, -0.2) is 17.9 Å². The van der Waals surface area contributed by atoms with Crippen molar-refractivity contribution in [3.63, 3.8) is 0 Å². The Bertz CT molecular complexity index is 763. The predicted octanol–water partition coefficient (Wildman–Crippen LogP) is 4.59. The van der Waals surface area contributed by atoms with Crippen LogP contribution >= 0.6 is 23.2 Å². The minimum Gasteiger partial charge on any atom is -0.497 e. The van der Waals surface area contributed by atoms with Crippen LogP contribution in [0.3, 0.4) is 0 Å². The van der Waals surface area contributed by atoms with Crippen LogP contribution in [0.1, 0.15) is 6.92 Å². The standard InChI is InChI=1S/C15H12Cl2N2O4/c1-9(20)18(10-3-5-11(23-2)6-4-10)14-7-12(16)13(17)8-15(14)19(21)22/h3-8H,1-2H3. The van der Waals surface area contributed by atoms with Gasteiger partial charge < -0.3 is 4.74 Å². The van der Waals surface area contributed by atoms with Gasteiger partial charge in [-0.3, -0.25) is 19.8 Å². The molecule has 0 aliphatic carbocycles. The molecule has 0 aromatic heterocycles. The van der Waals surface area contributed by atoms with E-state index in [-0.39, 0.29) is 21.4 Å². The maximum atomic E-state index is 12.1. The average molecular weight is 355 g/mol. The summed E-state index contributed by atoms with van der Waals surface area (Å²) in [6.45, 7) is 1.30. The molecule has 120 valence electrons. The summed E-state index contributed by atoms with van der Waals surface area (Å²) in [4.78, 5) is 23.9. The SMILES string of the molecule is COc1ccc(N(C(C)=O)c2cc(Cl)c(Cl)cc2[N+](=O)[O-])cc1. The molecule has 0 unspecified atom stereocenters. The molecule has 2 aromatic carbocycles. The van der Waals surface area contributed by atoms with Gasteiger partial charge in [0.15, 0.2) is 0 Å². The van der Waals surface area contributed by atoms with Gasteiger partial charge >= 0.3 is 0 Å². The fourth-order valence-corrected chi connectivity index (χ4v) is 2.39. The van der Waals surface area contributed by atoms with E-state index in [0.29, 0.717) is 11.4 Å². The van der Waals surface area contributed by atoms with E-state index in [4.69, 9.17) is 27.9 Å². The Morgan fingerprint density at radius 3 is 2.22 bits per heavy atom. The first-order chi connectivity index (χ1) is 10.8. The number of carbonyl (C=O) groups is 1. The van der Waals surface area contributed by atoms with E-state index >= 15 is 0 Å². The number of benzene rings is 2. The van der Waals surface area contributed by atoms with Gasteiger partial charge in [-0.15, -0.1) is 0 Å². The minimum atomic E-state index is -0.614. The molecule has 0 atom stereocenters. The molecule has 0 aliphatic rings. The molecule has 0 bridgehead atoms. The number of nitrogens with zero attached hydrogens (tertiary/aromatic N) is 2. The molecule has 0 spiro atoms. The third-order valence-corrected chi connectivity index (χ3v) is 3.82. The summed E-state index contributed by atoms with van der Waals surface area (Å²) in [6.07, 6.45) is 0. The van der Waals surface area contributed by atoms with Gasteiger partial charge in [0.25, 0.3) is 5.69 Å². The van der Waals surface area contributed by atoms with Gasteiger partial charge in [-0.1, -0.05) is 23.2 Å². The zero-order chi connectivity index (χ0) is 17.1. The summed E-state index contributed by atoms with van der Waals surface area (Å²) in [7, 11) is 1.52. The van der Waals surface area contributed by atoms with E-state index in [1.807, 2.05) is 0 Å². The smallest absolute Gasteiger partial charge is 0.294 e. The van der Waals surface area contributed by atoms with Crippen LogP contribution in [-0.2, 0) is 4.79 Å². The van der Waals surface area contributed by atoms with Crippen molar-refractivity contribution in [3.05, 3.63) is 56.6 Å². The van der Waals surface area contributed by atoms with Crippen LogP contribution in [0.25, 0.3) is 0 Å². The van der Waals surface area contributed by atoms with Crippen molar-refractivity contribution >= 4 is 46.2 Å². The monoisotopic (exact) mass is 354 g/mol. The van der Waals surface area contributed by atoms with E-state index in [0.717, 1.165) is 6.07 Å². The molecule has 2 rings (SSSR count). The maximum Gasteiger partial charge on any atom is 0.294 e. The average Bonchev–Trinajstić information content (AvgIpc) is 2.50. The van der Waals surface area contributed by atoms with E-state index < -0.39 is 10.8 Å². The van der Waals surface area contributed by atoms with Crippen molar-refractivity contribution in [1.82, 2.24) is 0 Å². The number of rotatable bonds is 4. The van der Waals surface area contributed by atoms with Crippen LogP contribution in [0.5, 0.6) is 5.75 Å². The Labute approximate surface area is 142 Å². The second-order valence-corrected chi connectivity index (χ2v) is 5.38. The lowest BCUT2D eigenvalue weighted by Crippen LogP contribution is -2.23. The highest BCUT2D eigenvalue weighted by Gasteiger charge is 2.25. The Morgan fingerprint density at radius 1 is 1.17 bits per heavy atom. The zero-order valence-corrected chi connectivity index (χ0v) is 13.8. The third-order valence-electron chi connectivity index (χ3n) is 3.10. The molecule has 8 heteroatoms. The molecule has 2 aromatic rings. The Morgan fingerprint density at radius 2 is 1.74 bits per heavy atom. The first-order valence-corrected chi connectivity index (χ1v) is 7.19. The van der Waals surface area contributed by atoms with Gasteiger partial charge in [0, 0.05) is 18.7 Å². The van der Waals surface area contributed by atoms with Crippen molar-refractivity contribution in [1.29, 1.82) is 0 Å². The quantitative estimate of drug-likeness (QED) is 0.594. The van der Waals surface area contributed by atoms with Crippen molar-refractivity contribution in [2.75, 3.05) is 12.0 Å². The lowest BCUT2D eigenvalue weighted by molar-refractivity contribution is -0.384.